The minimum absolute atomic E-state index is 0.0737. The van der Waals surface area contributed by atoms with Crippen LogP contribution in [0.2, 0.25) is 0 Å². The topological polar surface area (TPSA) is 80.8 Å². The first-order valence-corrected chi connectivity index (χ1v) is 13.0. The van der Waals surface area contributed by atoms with Crippen molar-refractivity contribution in [3.63, 3.8) is 0 Å². The van der Waals surface area contributed by atoms with Gasteiger partial charge in [-0.25, -0.2) is 0 Å². The van der Waals surface area contributed by atoms with Gasteiger partial charge < -0.3 is 19.7 Å². The molecule has 1 fully saturated rings. The molecule has 2 unspecified atom stereocenters. The number of carbonyl (C=O) groups is 2. The highest BCUT2D eigenvalue weighted by Crippen LogP contribution is 2.33. The summed E-state index contributed by atoms with van der Waals surface area (Å²) in [6.07, 6.45) is 7.85. The Morgan fingerprint density at radius 3 is 2.49 bits per heavy atom. The summed E-state index contributed by atoms with van der Waals surface area (Å²) in [6, 6.07) is 18.1. The van der Waals surface area contributed by atoms with Crippen molar-refractivity contribution < 1.29 is 19.1 Å². The highest BCUT2D eigenvalue weighted by atomic mass is 16.6. The number of aryl methyl sites for hydroxylation is 1. The minimum atomic E-state index is -0.873. The van der Waals surface area contributed by atoms with Crippen LogP contribution < -0.4 is 14.8 Å². The lowest BCUT2D eigenvalue weighted by Crippen LogP contribution is -2.52. The number of para-hydroxylation sites is 2. The molecule has 0 bridgehead atoms. The average molecular weight is 500 g/mol. The van der Waals surface area contributed by atoms with Gasteiger partial charge in [0.2, 0.25) is 12.0 Å². The SMILES string of the molecule is Cc1ccc(C(C(=O)NC2CCCCC2)N(Cc2cccnc2)C(=O)C2COc3ccccc3O2)cc1. The first-order chi connectivity index (χ1) is 18.1. The van der Waals surface area contributed by atoms with Crippen LogP contribution in [0, 0.1) is 6.92 Å². The molecule has 2 heterocycles. The number of carbonyl (C=O) groups excluding carboxylic acids is 2. The average Bonchev–Trinajstić information content (AvgIpc) is 2.94. The van der Waals surface area contributed by atoms with Crippen LogP contribution in [0.3, 0.4) is 0 Å². The number of rotatable bonds is 7. The van der Waals surface area contributed by atoms with Crippen LogP contribution >= 0.6 is 0 Å². The molecule has 192 valence electrons. The van der Waals surface area contributed by atoms with E-state index in [0.29, 0.717) is 11.5 Å². The van der Waals surface area contributed by atoms with Crippen LogP contribution in [-0.4, -0.2) is 40.5 Å². The van der Waals surface area contributed by atoms with Gasteiger partial charge in [-0.1, -0.05) is 67.3 Å². The lowest BCUT2D eigenvalue weighted by molar-refractivity contribution is -0.149. The van der Waals surface area contributed by atoms with Crippen LogP contribution in [0.4, 0.5) is 0 Å². The van der Waals surface area contributed by atoms with Crippen molar-refractivity contribution >= 4 is 11.8 Å². The summed E-state index contributed by atoms with van der Waals surface area (Å²) in [7, 11) is 0. The lowest BCUT2D eigenvalue weighted by atomic mass is 9.94. The number of nitrogens with one attached hydrogen (secondary N) is 1. The Bertz CT molecular complexity index is 1210. The van der Waals surface area contributed by atoms with E-state index in [-0.39, 0.29) is 31.0 Å². The molecule has 1 aliphatic carbocycles. The van der Waals surface area contributed by atoms with E-state index in [1.54, 1.807) is 23.4 Å². The molecule has 1 aromatic heterocycles. The van der Waals surface area contributed by atoms with Gasteiger partial charge in [0.15, 0.2) is 11.5 Å². The maximum atomic E-state index is 14.1. The first-order valence-electron chi connectivity index (χ1n) is 13.0. The zero-order chi connectivity index (χ0) is 25.6. The minimum Gasteiger partial charge on any atom is -0.485 e. The third-order valence-corrected chi connectivity index (χ3v) is 7.05. The number of fused-ring (bicyclic) bond motifs is 1. The van der Waals surface area contributed by atoms with Crippen molar-refractivity contribution in [2.24, 2.45) is 0 Å². The summed E-state index contributed by atoms with van der Waals surface area (Å²) in [5.74, 6) is 0.648. The molecule has 0 saturated heterocycles. The number of aromatic nitrogens is 1. The molecule has 1 saturated carbocycles. The number of hydrogen-bond acceptors (Lipinski definition) is 5. The predicted molar refractivity (Wildman–Crippen MR) is 140 cm³/mol. The second kappa shape index (κ2) is 11.5. The molecule has 2 aromatic carbocycles. The van der Waals surface area contributed by atoms with Crippen molar-refractivity contribution in [1.29, 1.82) is 0 Å². The largest absolute Gasteiger partial charge is 0.485 e. The molecule has 1 N–H and O–H groups in total. The Hall–Kier alpha value is -3.87. The standard InChI is InChI=1S/C30H33N3O4/c1-21-13-15-23(16-14-21)28(29(34)32-24-9-3-2-4-10-24)33(19-22-8-7-17-31-18-22)30(35)27-20-36-25-11-5-6-12-26(25)37-27/h5-8,11-18,24,27-28H,2-4,9-10,19-20H2,1H3,(H,32,34). The van der Waals surface area contributed by atoms with Crippen molar-refractivity contribution in [2.45, 2.75) is 63.8 Å². The molecule has 0 spiro atoms. The highest BCUT2D eigenvalue weighted by Gasteiger charge is 2.38. The normalized spacial score (nSPS) is 18.0. The molecular weight excluding hydrogens is 466 g/mol. The molecular formula is C30H33N3O4. The molecule has 7 nitrogen and oxygen atoms in total. The summed E-state index contributed by atoms with van der Waals surface area (Å²) in [4.78, 5) is 33.9. The summed E-state index contributed by atoms with van der Waals surface area (Å²) in [5.41, 5.74) is 2.67. The summed E-state index contributed by atoms with van der Waals surface area (Å²) in [5, 5.41) is 3.25. The van der Waals surface area contributed by atoms with E-state index < -0.39 is 12.1 Å². The van der Waals surface area contributed by atoms with Crippen molar-refractivity contribution in [1.82, 2.24) is 15.2 Å². The van der Waals surface area contributed by atoms with Crippen molar-refractivity contribution in [3.8, 4) is 11.5 Å². The van der Waals surface area contributed by atoms with Crippen LogP contribution in [0.25, 0.3) is 0 Å². The maximum absolute atomic E-state index is 14.1. The second-order valence-electron chi connectivity index (χ2n) is 9.85. The van der Waals surface area contributed by atoms with Crippen molar-refractivity contribution in [3.05, 3.63) is 89.7 Å². The van der Waals surface area contributed by atoms with Gasteiger partial charge in [0.25, 0.3) is 5.91 Å². The molecule has 5 rings (SSSR count). The molecule has 3 aromatic rings. The summed E-state index contributed by atoms with van der Waals surface area (Å²) < 4.78 is 11.9. The Morgan fingerprint density at radius 1 is 1.00 bits per heavy atom. The quantitative estimate of drug-likeness (QED) is 0.508. The fourth-order valence-corrected chi connectivity index (χ4v) is 5.06. The molecule has 2 atom stereocenters. The Morgan fingerprint density at radius 2 is 1.76 bits per heavy atom. The van der Waals surface area contributed by atoms with E-state index in [1.165, 1.54) is 6.42 Å². The fourth-order valence-electron chi connectivity index (χ4n) is 5.06. The number of pyridine rings is 1. The van der Waals surface area contributed by atoms with E-state index in [2.05, 4.69) is 10.3 Å². The van der Waals surface area contributed by atoms with Gasteiger partial charge >= 0.3 is 0 Å². The van der Waals surface area contributed by atoms with Crippen LogP contribution in [0.1, 0.15) is 54.8 Å². The zero-order valence-electron chi connectivity index (χ0n) is 21.1. The third kappa shape index (κ3) is 5.93. The highest BCUT2D eigenvalue weighted by molar-refractivity contribution is 5.91. The Labute approximate surface area is 217 Å². The fraction of sp³-hybridized carbons (Fsp3) is 0.367. The van der Waals surface area contributed by atoms with Crippen LogP contribution in [0.5, 0.6) is 11.5 Å². The van der Waals surface area contributed by atoms with Crippen LogP contribution in [0.15, 0.2) is 73.1 Å². The van der Waals surface area contributed by atoms with E-state index >= 15 is 0 Å². The second-order valence-corrected chi connectivity index (χ2v) is 9.85. The number of ether oxygens (including phenoxy) is 2. The molecule has 37 heavy (non-hydrogen) atoms. The first kappa shape index (κ1) is 24.8. The predicted octanol–water partition coefficient (Wildman–Crippen LogP) is 4.75. The third-order valence-electron chi connectivity index (χ3n) is 7.05. The van der Waals surface area contributed by atoms with E-state index in [4.69, 9.17) is 9.47 Å². The van der Waals surface area contributed by atoms with E-state index in [0.717, 1.165) is 42.4 Å². The van der Waals surface area contributed by atoms with Gasteiger partial charge in [0, 0.05) is 25.0 Å². The number of hydrogen-bond donors (Lipinski definition) is 1. The van der Waals surface area contributed by atoms with E-state index in [1.807, 2.05) is 61.5 Å². The smallest absolute Gasteiger partial charge is 0.268 e. The number of benzene rings is 2. The zero-order valence-corrected chi connectivity index (χ0v) is 21.1. The summed E-state index contributed by atoms with van der Waals surface area (Å²) >= 11 is 0. The van der Waals surface area contributed by atoms with Gasteiger partial charge in [-0.3, -0.25) is 14.6 Å². The number of amides is 2. The van der Waals surface area contributed by atoms with Gasteiger partial charge in [-0.15, -0.1) is 0 Å². The lowest BCUT2D eigenvalue weighted by Gasteiger charge is -2.36. The maximum Gasteiger partial charge on any atom is 0.268 e. The number of nitrogens with zero attached hydrogens (tertiary/aromatic N) is 2. The monoisotopic (exact) mass is 499 g/mol. The molecule has 1 aliphatic heterocycles. The van der Waals surface area contributed by atoms with E-state index in [9.17, 15) is 9.59 Å². The van der Waals surface area contributed by atoms with Gasteiger partial charge in [0.05, 0.1) is 0 Å². The van der Waals surface area contributed by atoms with Gasteiger partial charge in [0.1, 0.15) is 12.6 Å². The molecule has 2 amide bonds. The molecule has 7 heteroatoms. The van der Waals surface area contributed by atoms with Crippen molar-refractivity contribution in [2.75, 3.05) is 6.61 Å². The molecule has 2 aliphatic rings. The Balaban J connectivity index is 1.49. The Kier molecular flexibility index (Phi) is 7.68. The summed E-state index contributed by atoms with van der Waals surface area (Å²) in [6.45, 7) is 2.29. The van der Waals surface area contributed by atoms with Gasteiger partial charge in [-0.05, 0) is 49.1 Å². The van der Waals surface area contributed by atoms with Gasteiger partial charge in [-0.2, -0.15) is 0 Å². The molecule has 0 radical (unpaired) electrons. The van der Waals surface area contributed by atoms with Crippen LogP contribution in [-0.2, 0) is 16.1 Å².